The summed E-state index contributed by atoms with van der Waals surface area (Å²) in [7, 11) is 4.34. The molecule has 1 aliphatic heterocycles. The third kappa shape index (κ3) is 4.05. The van der Waals surface area contributed by atoms with Gasteiger partial charge in [0.25, 0.3) is 0 Å². The van der Waals surface area contributed by atoms with E-state index in [-0.39, 0.29) is 12.0 Å². The minimum Gasteiger partial charge on any atom is -0.388 e. The first kappa shape index (κ1) is 15.5. The molecule has 3 nitrogen and oxygen atoms in total. The quantitative estimate of drug-likeness (QED) is 0.894. The van der Waals surface area contributed by atoms with Gasteiger partial charge in [-0.3, -0.25) is 0 Å². The molecule has 0 amide bonds. The van der Waals surface area contributed by atoms with E-state index in [1.807, 2.05) is 30.3 Å². The first-order chi connectivity index (χ1) is 9.58. The molecule has 20 heavy (non-hydrogen) atoms. The van der Waals surface area contributed by atoms with Crippen LogP contribution in [0, 0.1) is 5.92 Å². The highest BCUT2D eigenvalue weighted by Crippen LogP contribution is 2.24. The van der Waals surface area contributed by atoms with Gasteiger partial charge < -0.3 is 14.9 Å². The Morgan fingerprint density at radius 2 is 1.80 bits per heavy atom. The van der Waals surface area contributed by atoms with Crippen LogP contribution < -0.4 is 0 Å². The van der Waals surface area contributed by atoms with Gasteiger partial charge in [0.1, 0.15) is 0 Å². The highest BCUT2D eigenvalue weighted by molar-refractivity contribution is 5.17. The number of rotatable bonds is 5. The molecule has 2 unspecified atom stereocenters. The predicted octanol–water partition coefficient (Wildman–Crippen LogP) is 2.38. The van der Waals surface area contributed by atoms with Crippen LogP contribution in [0.2, 0.25) is 0 Å². The van der Waals surface area contributed by atoms with E-state index in [2.05, 4.69) is 30.8 Å². The summed E-state index contributed by atoms with van der Waals surface area (Å²) in [5.74, 6) is 0.272. The van der Waals surface area contributed by atoms with E-state index in [1.165, 1.54) is 12.8 Å². The second-order valence-electron chi connectivity index (χ2n) is 6.33. The normalized spacial score (nSPS) is 21.1. The highest BCUT2D eigenvalue weighted by Gasteiger charge is 2.24. The lowest BCUT2D eigenvalue weighted by atomic mass is 9.95. The van der Waals surface area contributed by atoms with Gasteiger partial charge in [0, 0.05) is 12.6 Å². The SMILES string of the molecule is CC(CN1CCC(N(C)C)CC1)C(O)c1ccccc1. The Morgan fingerprint density at radius 1 is 1.20 bits per heavy atom. The Morgan fingerprint density at radius 3 is 2.35 bits per heavy atom. The summed E-state index contributed by atoms with van der Waals surface area (Å²) in [5, 5.41) is 10.4. The number of aliphatic hydroxyl groups is 1. The van der Waals surface area contributed by atoms with Gasteiger partial charge in [-0.05, 0) is 51.5 Å². The van der Waals surface area contributed by atoms with Gasteiger partial charge in [-0.2, -0.15) is 0 Å². The first-order valence-electron chi connectivity index (χ1n) is 7.69. The zero-order valence-electron chi connectivity index (χ0n) is 13.0. The summed E-state index contributed by atoms with van der Waals surface area (Å²) >= 11 is 0. The van der Waals surface area contributed by atoms with Crippen molar-refractivity contribution < 1.29 is 5.11 Å². The third-order valence-corrected chi connectivity index (χ3v) is 4.51. The molecule has 0 bridgehead atoms. The molecule has 3 heteroatoms. The van der Waals surface area contributed by atoms with Gasteiger partial charge in [0.2, 0.25) is 0 Å². The molecule has 2 atom stereocenters. The maximum absolute atomic E-state index is 10.4. The predicted molar refractivity (Wildman–Crippen MR) is 83.7 cm³/mol. The van der Waals surface area contributed by atoms with Crippen molar-refractivity contribution in [2.24, 2.45) is 5.92 Å². The minimum absolute atomic E-state index is 0.272. The molecule has 0 spiro atoms. The first-order valence-corrected chi connectivity index (χ1v) is 7.69. The van der Waals surface area contributed by atoms with Crippen LogP contribution in [0.1, 0.15) is 31.4 Å². The lowest BCUT2D eigenvalue weighted by Gasteiger charge is -2.37. The average molecular weight is 276 g/mol. The van der Waals surface area contributed by atoms with Crippen LogP contribution in [0.3, 0.4) is 0 Å². The molecule has 1 heterocycles. The molecule has 0 radical (unpaired) electrons. The van der Waals surface area contributed by atoms with Gasteiger partial charge in [-0.25, -0.2) is 0 Å². The van der Waals surface area contributed by atoms with Crippen LogP contribution in [0.4, 0.5) is 0 Å². The van der Waals surface area contributed by atoms with Crippen molar-refractivity contribution in [1.29, 1.82) is 0 Å². The van der Waals surface area contributed by atoms with Crippen LogP contribution in [0.15, 0.2) is 30.3 Å². The van der Waals surface area contributed by atoms with Gasteiger partial charge in [0.15, 0.2) is 0 Å². The summed E-state index contributed by atoms with van der Waals surface area (Å²) in [5.41, 5.74) is 1.03. The molecular formula is C17H28N2O. The lowest BCUT2D eigenvalue weighted by Crippen LogP contribution is -2.43. The molecule has 0 aromatic heterocycles. The topological polar surface area (TPSA) is 26.7 Å². The van der Waals surface area contributed by atoms with Crippen molar-refractivity contribution in [1.82, 2.24) is 9.80 Å². The number of nitrogens with zero attached hydrogens (tertiary/aromatic N) is 2. The number of hydrogen-bond acceptors (Lipinski definition) is 3. The largest absolute Gasteiger partial charge is 0.388 e. The van der Waals surface area contributed by atoms with Crippen molar-refractivity contribution in [3.8, 4) is 0 Å². The van der Waals surface area contributed by atoms with Gasteiger partial charge in [-0.15, -0.1) is 0 Å². The smallest absolute Gasteiger partial charge is 0.0827 e. The number of aliphatic hydroxyl groups excluding tert-OH is 1. The molecule has 112 valence electrons. The lowest BCUT2D eigenvalue weighted by molar-refractivity contribution is 0.0697. The van der Waals surface area contributed by atoms with Crippen LogP contribution in [-0.4, -0.2) is 54.7 Å². The standard InChI is InChI=1S/C17H28N2O/c1-14(17(20)15-7-5-4-6-8-15)13-19-11-9-16(10-12-19)18(2)3/h4-8,14,16-17,20H,9-13H2,1-3H3. The summed E-state index contributed by atoms with van der Waals surface area (Å²) in [6.45, 7) is 5.43. The molecular weight excluding hydrogens is 248 g/mol. The molecule has 1 N–H and O–H groups in total. The van der Waals surface area contributed by atoms with E-state index in [0.717, 1.165) is 31.2 Å². The number of piperidine rings is 1. The van der Waals surface area contributed by atoms with Gasteiger partial charge in [-0.1, -0.05) is 37.3 Å². The van der Waals surface area contributed by atoms with Crippen LogP contribution in [-0.2, 0) is 0 Å². The van der Waals surface area contributed by atoms with E-state index >= 15 is 0 Å². The summed E-state index contributed by atoms with van der Waals surface area (Å²) in [6, 6.07) is 10.7. The van der Waals surface area contributed by atoms with E-state index in [9.17, 15) is 5.11 Å². The fourth-order valence-corrected chi connectivity index (χ4v) is 3.10. The zero-order chi connectivity index (χ0) is 14.5. The molecule has 1 fully saturated rings. The number of benzene rings is 1. The monoisotopic (exact) mass is 276 g/mol. The molecule has 0 saturated carbocycles. The second-order valence-corrected chi connectivity index (χ2v) is 6.33. The third-order valence-electron chi connectivity index (χ3n) is 4.51. The highest BCUT2D eigenvalue weighted by atomic mass is 16.3. The van der Waals surface area contributed by atoms with E-state index < -0.39 is 0 Å². The molecule has 0 aliphatic carbocycles. The zero-order valence-corrected chi connectivity index (χ0v) is 13.0. The molecule has 1 aromatic carbocycles. The van der Waals surface area contributed by atoms with Crippen molar-refractivity contribution in [3.05, 3.63) is 35.9 Å². The number of likely N-dealkylation sites (tertiary alicyclic amines) is 1. The Hall–Kier alpha value is -0.900. The summed E-state index contributed by atoms with van der Waals surface area (Å²) in [4.78, 5) is 4.83. The molecule has 1 aliphatic rings. The van der Waals surface area contributed by atoms with Crippen molar-refractivity contribution in [3.63, 3.8) is 0 Å². The Balaban J connectivity index is 1.82. The fourth-order valence-electron chi connectivity index (χ4n) is 3.10. The Kier molecular flexibility index (Phi) is 5.58. The number of hydrogen-bond donors (Lipinski definition) is 1. The fraction of sp³-hybridized carbons (Fsp3) is 0.647. The molecule has 1 aromatic rings. The molecule has 2 rings (SSSR count). The van der Waals surface area contributed by atoms with Crippen molar-refractivity contribution in [2.75, 3.05) is 33.7 Å². The second kappa shape index (κ2) is 7.21. The molecule has 1 saturated heterocycles. The van der Waals surface area contributed by atoms with Gasteiger partial charge >= 0.3 is 0 Å². The van der Waals surface area contributed by atoms with Crippen LogP contribution in [0.5, 0.6) is 0 Å². The van der Waals surface area contributed by atoms with E-state index in [1.54, 1.807) is 0 Å². The van der Waals surface area contributed by atoms with Gasteiger partial charge in [0.05, 0.1) is 6.10 Å². The van der Waals surface area contributed by atoms with E-state index in [0.29, 0.717) is 0 Å². The maximum atomic E-state index is 10.4. The van der Waals surface area contributed by atoms with Crippen LogP contribution in [0.25, 0.3) is 0 Å². The van der Waals surface area contributed by atoms with Crippen molar-refractivity contribution >= 4 is 0 Å². The van der Waals surface area contributed by atoms with Crippen LogP contribution >= 0.6 is 0 Å². The van der Waals surface area contributed by atoms with Crippen molar-refractivity contribution in [2.45, 2.75) is 31.9 Å². The van der Waals surface area contributed by atoms with E-state index in [4.69, 9.17) is 0 Å². The minimum atomic E-state index is -0.359. The Labute approximate surface area is 123 Å². The summed E-state index contributed by atoms with van der Waals surface area (Å²) < 4.78 is 0. The Bertz CT molecular complexity index is 385. The average Bonchev–Trinajstić information content (AvgIpc) is 2.48. The summed E-state index contributed by atoms with van der Waals surface area (Å²) in [6.07, 6.45) is 2.12. The maximum Gasteiger partial charge on any atom is 0.0827 e.